The van der Waals surface area contributed by atoms with E-state index in [0.717, 1.165) is 10.1 Å². The van der Waals surface area contributed by atoms with Crippen molar-refractivity contribution in [2.75, 3.05) is 33.0 Å². The molecule has 0 amide bonds. The minimum Gasteiger partial charge on any atom is -0.480 e. The van der Waals surface area contributed by atoms with Crippen LogP contribution in [0.25, 0.3) is 0 Å². The van der Waals surface area contributed by atoms with Crippen LogP contribution in [-0.4, -0.2) is 77.7 Å². The topological polar surface area (TPSA) is 127 Å². The van der Waals surface area contributed by atoms with Crippen LogP contribution >= 0.6 is 0 Å². The lowest BCUT2D eigenvalue weighted by molar-refractivity contribution is -0.278. The summed E-state index contributed by atoms with van der Waals surface area (Å²) in [4.78, 5) is 37.3. The van der Waals surface area contributed by atoms with Crippen LogP contribution in [-0.2, 0) is 35.0 Å². The fourth-order valence-corrected chi connectivity index (χ4v) is 4.15. The highest BCUT2D eigenvalue weighted by Gasteiger charge is 2.49. The Bertz CT molecular complexity index is 1350. The van der Waals surface area contributed by atoms with Gasteiger partial charge in [-0.15, -0.1) is 19.3 Å². The van der Waals surface area contributed by atoms with E-state index in [1.807, 2.05) is 6.07 Å². The van der Waals surface area contributed by atoms with Gasteiger partial charge in [0.1, 0.15) is 50.8 Å². The number of carbonyl (C=O) groups is 1. The van der Waals surface area contributed by atoms with Gasteiger partial charge in [0.05, 0.1) is 13.2 Å². The average Bonchev–Trinajstić information content (AvgIpc) is 2.93. The van der Waals surface area contributed by atoms with Gasteiger partial charge in [0.25, 0.3) is 5.56 Å². The van der Waals surface area contributed by atoms with Crippen LogP contribution in [0.1, 0.15) is 11.8 Å². The highest BCUT2D eigenvalue weighted by Crippen LogP contribution is 2.33. The molecule has 1 fully saturated rings. The lowest BCUT2D eigenvalue weighted by Crippen LogP contribution is -2.61. The van der Waals surface area contributed by atoms with Gasteiger partial charge in [0.15, 0.2) is 6.23 Å². The lowest BCUT2D eigenvalue weighted by atomic mass is 9.97. The monoisotopic (exact) mass is 536 g/mol. The molecular formula is C28H28N2O9. The van der Waals surface area contributed by atoms with Crippen LogP contribution in [0.4, 0.5) is 0 Å². The molecule has 3 rings (SSSR count). The molecule has 11 heteroatoms. The van der Waals surface area contributed by atoms with Gasteiger partial charge in [0.2, 0.25) is 0 Å². The van der Waals surface area contributed by atoms with E-state index in [2.05, 4.69) is 17.8 Å². The number of nitrogens with zero attached hydrogens (tertiary/aromatic N) is 2. The number of carboxylic acid groups (broad SMARTS) is 1. The predicted octanol–water partition coefficient (Wildman–Crippen LogP) is 0.112. The van der Waals surface area contributed by atoms with E-state index < -0.39 is 54.5 Å². The molecule has 1 N–H and O–H groups in total. The van der Waals surface area contributed by atoms with E-state index in [4.69, 9.17) is 48.1 Å². The smallest absolute Gasteiger partial charge is 0.333 e. The van der Waals surface area contributed by atoms with Crippen molar-refractivity contribution in [3.8, 4) is 37.0 Å². The summed E-state index contributed by atoms with van der Waals surface area (Å²) in [5, 5.41) is 9.01. The lowest BCUT2D eigenvalue weighted by Gasteiger charge is -2.45. The Kier molecular flexibility index (Phi) is 11.1. The van der Waals surface area contributed by atoms with Gasteiger partial charge >= 0.3 is 11.7 Å². The van der Waals surface area contributed by atoms with E-state index in [-0.39, 0.29) is 33.0 Å². The van der Waals surface area contributed by atoms with Crippen molar-refractivity contribution in [1.82, 2.24) is 9.13 Å². The number of terminal acetylenes is 3. The number of aromatic nitrogens is 2. The zero-order chi connectivity index (χ0) is 28.2. The first-order valence-electron chi connectivity index (χ1n) is 11.9. The largest absolute Gasteiger partial charge is 0.480 e. The number of benzene rings is 1. The van der Waals surface area contributed by atoms with E-state index in [1.165, 1.54) is 16.8 Å². The van der Waals surface area contributed by atoms with Gasteiger partial charge in [-0.3, -0.25) is 13.9 Å². The normalized spacial score (nSPS) is 22.3. The minimum atomic E-state index is -1.19. The van der Waals surface area contributed by atoms with Crippen LogP contribution in [0.5, 0.6) is 0 Å². The summed E-state index contributed by atoms with van der Waals surface area (Å²) in [5.74, 6) is 5.91. The molecule has 1 aliphatic heterocycles. The Morgan fingerprint density at radius 2 is 1.54 bits per heavy atom. The van der Waals surface area contributed by atoms with Gasteiger partial charge < -0.3 is 28.8 Å². The van der Waals surface area contributed by atoms with Gasteiger partial charge in [0, 0.05) is 12.3 Å². The number of aliphatic carboxylic acids is 1. The molecule has 204 valence electrons. The molecule has 1 saturated heterocycles. The molecule has 0 bridgehead atoms. The number of hydrogen-bond donors (Lipinski definition) is 1. The second-order valence-electron chi connectivity index (χ2n) is 8.33. The number of hydrogen-bond acceptors (Lipinski definition) is 8. The highest BCUT2D eigenvalue weighted by molar-refractivity contribution is 5.67. The maximum atomic E-state index is 13.6. The van der Waals surface area contributed by atoms with Gasteiger partial charge in [-0.25, -0.2) is 9.59 Å². The quantitative estimate of drug-likeness (QED) is 0.355. The number of ether oxygens (including phenoxy) is 5. The van der Waals surface area contributed by atoms with Crippen LogP contribution in [0.3, 0.4) is 0 Å². The Morgan fingerprint density at radius 3 is 2.15 bits per heavy atom. The van der Waals surface area contributed by atoms with Crippen molar-refractivity contribution in [3.63, 3.8) is 0 Å². The second-order valence-corrected chi connectivity index (χ2v) is 8.33. The molecule has 0 spiro atoms. The van der Waals surface area contributed by atoms with Crippen LogP contribution < -0.4 is 11.2 Å². The Morgan fingerprint density at radius 1 is 0.923 bits per heavy atom. The summed E-state index contributed by atoms with van der Waals surface area (Å²) in [7, 11) is 0. The SMILES string of the molecule is C#CCOC1[C@H](OCC#C)C(COCC(=O)O)O[C@@H](n2ccc(=O)n(Cc3ccccc3)c2=O)[C@@H]1OCC#C. The van der Waals surface area contributed by atoms with Crippen molar-refractivity contribution in [2.45, 2.75) is 37.2 Å². The highest BCUT2D eigenvalue weighted by atomic mass is 16.6. The fraction of sp³-hybridized carbons (Fsp3) is 0.393. The van der Waals surface area contributed by atoms with Crippen molar-refractivity contribution >= 4 is 5.97 Å². The molecule has 11 nitrogen and oxygen atoms in total. The minimum absolute atomic E-state index is 0.0119. The summed E-state index contributed by atoms with van der Waals surface area (Å²) in [6.07, 6.45) is 12.4. The van der Waals surface area contributed by atoms with Crippen LogP contribution in [0, 0.1) is 37.0 Å². The average molecular weight is 537 g/mol. The zero-order valence-electron chi connectivity index (χ0n) is 21.0. The maximum absolute atomic E-state index is 13.6. The van der Waals surface area contributed by atoms with E-state index in [1.54, 1.807) is 24.3 Å². The summed E-state index contributed by atoms with van der Waals surface area (Å²) in [6, 6.07) is 10.2. The van der Waals surface area contributed by atoms with E-state index >= 15 is 0 Å². The third-order valence-corrected chi connectivity index (χ3v) is 5.75. The van der Waals surface area contributed by atoms with Crippen molar-refractivity contribution in [1.29, 1.82) is 0 Å². The first kappa shape index (κ1) is 29.4. The molecule has 0 radical (unpaired) electrons. The molecule has 2 aromatic rings. The molecule has 1 aromatic heterocycles. The van der Waals surface area contributed by atoms with Gasteiger partial charge in [-0.1, -0.05) is 48.1 Å². The maximum Gasteiger partial charge on any atom is 0.333 e. The third kappa shape index (κ3) is 7.68. The molecule has 1 aliphatic rings. The molecular weight excluding hydrogens is 508 g/mol. The summed E-state index contributed by atoms with van der Waals surface area (Å²) in [5.41, 5.74) is -0.472. The van der Waals surface area contributed by atoms with Crippen LogP contribution in [0.2, 0.25) is 0 Å². The van der Waals surface area contributed by atoms with Crippen molar-refractivity contribution in [2.24, 2.45) is 0 Å². The molecule has 2 unspecified atom stereocenters. The Balaban J connectivity index is 2.08. The summed E-state index contributed by atoms with van der Waals surface area (Å²) < 4.78 is 31.3. The van der Waals surface area contributed by atoms with E-state index in [9.17, 15) is 14.4 Å². The van der Waals surface area contributed by atoms with Gasteiger partial charge in [-0.05, 0) is 5.56 Å². The third-order valence-electron chi connectivity index (χ3n) is 5.75. The fourth-order valence-electron chi connectivity index (χ4n) is 4.15. The Hall–Kier alpha value is -4.15. The predicted molar refractivity (Wildman–Crippen MR) is 139 cm³/mol. The molecule has 2 heterocycles. The molecule has 39 heavy (non-hydrogen) atoms. The first-order chi connectivity index (χ1) is 18.9. The van der Waals surface area contributed by atoms with Crippen molar-refractivity contribution < 1.29 is 33.6 Å². The summed E-state index contributed by atoms with van der Waals surface area (Å²) >= 11 is 0. The molecule has 5 atom stereocenters. The number of carboxylic acids is 1. The molecule has 0 aliphatic carbocycles. The first-order valence-corrected chi connectivity index (χ1v) is 11.9. The number of rotatable bonds is 13. The summed E-state index contributed by atoms with van der Waals surface area (Å²) in [6.45, 7) is -1.34. The molecule has 1 aromatic carbocycles. The van der Waals surface area contributed by atoms with Crippen molar-refractivity contribution in [3.05, 3.63) is 69.0 Å². The Labute approximate surface area is 225 Å². The zero-order valence-corrected chi connectivity index (χ0v) is 21.0. The van der Waals surface area contributed by atoms with E-state index in [0.29, 0.717) is 0 Å². The van der Waals surface area contributed by atoms with Crippen LogP contribution in [0.15, 0.2) is 52.2 Å². The second kappa shape index (κ2) is 14.7. The molecule has 0 saturated carbocycles. The standard InChI is InChI=1S/C28H28N2O9/c1-4-14-36-24-21(18-35-19-23(32)33)39-27(26(38-16-6-3)25(24)37-15-5-2)29-13-12-22(31)30(28(29)34)17-20-10-8-7-9-11-20/h1-3,7-13,21,24-27H,14-19H2,(H,32,33)/t21?,24-,25?,26-,27-/m1/s1. The van der Waals surface area contributed by atoms with Gasteiger partial charge in [-0.2, -0.15) is 0 Å².